The van der Waals surface area contributed by atoms with Crippen LogP contribution in [0.2, 0.25) is 0 Å². The second-order valence-corrected chi connectivity index (χ2v) is 5.10. The maximum Gasteiger partial charge on any atom is 0.172 e. The fourth-order valence-corrected chi connectivity index (χ4v) is 2.20. The van der Waals surface area contributed by atoms with E-state index in [4.69, 9.17) is 0 Å². The van der Waals surface area contributed by atoms with Crippen molar-refractivity contribution < 1.29 is 4.79 Å². The molecule has 0 radical (unpaired) electrons. The van der Waals surface area contributed by atoms with Crippen molar-refractivity contribution >= 4 is 6.29 Å². The molecule has 0 amide bonds. The molecule has 0 aliphatic carbocycles. The van der Waals surface area contributed by atoms with Crippen LogP contribution in [0.25, 0.3) is 0 Å². The molecule has 20 heavy (non-hydrogen) atoms. The number of carbonyl (C=O) groups is 1. The summed E-state index contributed by atoms with van der Waals surface area (Å²) in [6.45, 7) is 5.06. The fraction of sp³-hybridized carbons (Fsp3) is 0.438. The first-order chi connectivity index (χ1) is 9.74. The van der Waals surface area contributed by atoms with Crippen LogP contribution in [0, 0.1) is 6.92 Å². The van der Waals surface area contributed by atoms with Gasteiger partial charge in [0, 0.05) is 6.54 Å². The summed E-state index contributed by atoms with van der Waals surface area (Å²) >= 11 is 0. The van der Waals surface area contributed by atoms with E-state index in [1.165, 1.54) is 11.1 Å². The molecule has 1 aromatic heterocycles. The summed E-state index contributed by atoms with van der Waals surface area (Å²) in [5, 5.41) is 8.05. The average Bonchev–Trinajstić information content (AvgIpc) is 2.86. The van der Waals surface area contributed by atoms with Crippen molar-refractivity contribution in [2.24, 2.45) is 0 Å². The minimum absolute atomic E-state index is 0.480. The Kier molecular flexibility index (Phi) is 5.04. The zero-order valence-corrected chi connectivity index (χ0v) is 12.2. The van der Waals surface area contributed by atoms with E-state index in [1.807, 2.05) is 4.68 Å². The van der Waals surface area contributed by atoms with E-state index in [-0.39, 0.29) is 0 Å². The van der Waals surface area contributed by atoms with Gasteiger partial charge < -0.3 is 0 Å². The molecule has 2 rings (SSSR count). The van der Waals surface area contributed by atoms with Gasteiger partial charge in [-0.1, -0.05) is 48.4 Å². The molecule has 0 spiro atoms. The van der Waals surface area contributed by atoms with E-state index in [2.05, 4.69) is 48.4 Å². The SMILES string of the molecule is CCCCn1nnc(C=O)c1CCc1ccc(C)cc1. The molecule has 1 heterocycles. The van der Waals surface area contributed by atoms with Crippen LogP contribution in [-0.2, 0) is 19.4 Å². The van der Waals surface area contributed by atoms with Crippen LogP contribution >= 0.6 is 0 Å². The van der Waals surface area contributed by atoms with E-state index >= 15 is 0 Å². The van der Waals surface area contributed by atoms with Gasteiger partial charge in [0.05, 0.1) is 5.69 Å². The molecule has 0 unspecified atom stereocenters. The van der Waals surface area contributed by atoms with Crippen molar-refractivity contribution in [2.45, 2.75) is 46.1 Å². The molecule has 106 valence electrons. The van der Waals surface area contributed by atoms with Crippen LogP contribution in [0.1, 0.15) is 47.1 Å². The van der Waals surface area contributed by atoms with Gasteiger partial charge in [-0.15, -0.1) is 5.10 Å². The maximum atomic E-state index is 11.1. The second-order valence-electron chi connectivity index (χ2n) is 5.10. The van der Waals surface area contributed by atoms with E-state index in [9.17, 15) is 4.79 Å². The van der Waals surface area contributed by atoms with Crippen molar-refractivity contribution in [3.8, 4) is 0 Å². The Bertz CT molecular complexity index is 558. The third kappa shape index (κ3) is 3.53. The monoisotopic (exact) mass is 271 g/mol. The largest absolute Gasteiger partial charge is 0.296 e. The number of nitrogens with zero attached hydrogens (tertiary/aromatic N) is 3. The van der Waals surface area contributed by atoms with E-state index < -0.39 is 0 Å². The highest BCUT2D eigenvalue weighted by molar-refractivity contribution is 5.73. The molecule has 0 atom stereocenters. The lowest BCUT2D eigenvalue weighted by Gasteiger charge is -2.06. The molecule has 2 aromatic rings. The average molecular weight is 271 g/mol. The molecule has 0 N–H and O–H groups in total. The molecular formula is C16H21N3O. The van der Waals surface area contributed by atoms with Crippen LogP contribution in [0.3, 0.4) is 0 Å². The molecule has 0 bridgehead atoms. The first kappa shape index (κ1) is 14.4. The van der Waals surface area contributed by atoms with Crippen LogP contribution in [0.5, 0.6) is 0 Å². The van der Waals surface area contributed by atoms with Gasteiger partial charge in [0.2, 0.25) is 0 Å². The highest BCUT2D eigenvalue weighted by atomic mass is 16.1. The molecule has 0 aliphatic heterocycles. The van der Waals surface area contributed by atoms with Gasteiger partial charge in [-0.25, -0.2) is 4.68 Å². The summed E-state index contributed by atoms with van der Waals surface area (Å²) in [5.41, 5.74) is 3.97. The van der Waals surface area contributed by atoms with E-state index in [0.29, 0.717) is 5.69 Å². The molecule has 0 saturated heterocycles. The first-order valence-corrected chi connectivity index (χ1v) is 7.17. The minimum atomic E-state index is 0.480. The normalized spacial score (nSPS) is 10.7. The van der Waals surface area contributed by atoms with Gasteiger partial charge in [-0.3, -0.25) is 4.79 Å². The molecular weight excluding hydrogens is 250 g/mol. The van der Waals surface area contributed by atoms with Gasteiger partial charge in [0.15, 0.2) is 6.29 Å². The van der Waals surface area contributed by atoms with Crippen molar-refractivity contribution in [1.29, 1.82) is 0 Å². The zero-order chi connectivity index (χ0) is 14.4. The topological polar surface area (TPSA) is 47.8 Å². The number of benzene rings is 1. The smallest absolute Gasteiger partial charge is 0.172 e. The summed E-state index contributed by atoms with van der Waals surface area (Å²) in [4.78, 5) is 11.1. The Morgan fingerprint density at radius 1 is 1.20 bits per heavy atom. The van der Waals surface area contributed by atoms with Crippen LogP contribution in [0.4, 0.5) is 0 Å². The Hall–Kier alpha value is -1.97. The zero-order valence-electron chi connectivity index (χ0n) is 12.2. The third-order valence-electron chi connectivity index (χ3n) is 3.47. The molecule has 4 nitrogen and oxygen atoms in total. The number of aryl methyl sites for hydroxylation is 3. The van der Waals surface area contributed by atoms with Crippen LogP contribution in [0.15, 0.2) is 24.3 Å². The standard InChI is InChI=1S/C16H21N3O/c1-3-4-11-19-16(15(12-20)17-18-19)10-9-14-7-5-13(2)6-8-14/h5-8,12H,3-4,9-11H2,1-2H3. The number of unbranched alkanes of at least 4 members (excludes halogenated alkanes) is 1. The number of rotatable bonds is 7. The van der Waals surface area contributed by atoms with Gasteiger partial charge in [0.1, 0.15) is 5.69 Å². The predicted molar refractivity (Wildman–Crippen MR) is 78.9 cm³/mol. The Balaban J connectivity index is 2.08. The number of hydrogen-bond donors (Lipinski definition) is 0. The minimum Gasteiger partial charge on any atom is -0.296 e. The third-order valence-corrected chi connectivity index (χ3v) is 3.47. The van der Waals surface area contributed by atoms with Crippen molar-refractivity contribution in [3.05, 3.63) is 46.8 Å². The number of carbonyl (C=O) groups excluding carboxylic acids is 1. The van der Waals surface area contributed by atoms with Gasteiger partial charge in [0.25, 0.3) is 0 Å². The summed E-state index contributed by atoms with van der Waals surface area (Å²) in [7, 11) is 0. The van der Waals surface area contributed by atoms with Crippen molar-refractivity contribution in [2.75, 3.05) is 0 Å². The maximum absolute atomic E-state index is 11.1. The van der Waals surface area contributed by atoms with Gasteiger partial charge in [-0.2, -0.15) is 0 Å². The summed E-state index contributed by atoms with van der Waals surface area (Å²) in [6, 6.07) is 8.50. The highest BCUT2D eigenvalue weighted by Gasteiger charge is 2.11. The number of aromatic nitrogens is 3. The lowest BCUT2D eigenvalue weighted by Crippen LogP contribution is -2.07. The molecule has 1 aromatic carbocycles. The lowest BCUT2D eigenvalue weighted by molar-refractivity contribution is 0.111. The van der Waals surface area contributed by atoms with Crippen molar-refractivity contribution in [3.63, 3.8) is 0 Å². The summed E-state index contributed by atoms with van der Waals surface area (Å²) in [5.74, 6) is 0. The quantitative estimate of drug-likeness (QED) is 0.727. The first-order valence-electron chi connectivity index (χ1n) is 7.17. The number of aldehydes is 1. The van der Waals surface area contributed by atoms with E-state index in [0.717, 1.165) is 44.2 Å². The summed E-state index contributed by atoms with van der Waals surface area (Å²) < 4.78 is 1.88. The van der Waals surface area contributed by atoms with Crippen LogP contribution in [-0.4, -0.2) is 21.3 Å². The van der Waals surface area contributed by atoms with Crippen LogP contribution < -0.4 is 0 Å². The lowest BCUT2D eigenvalue weighted by atomic mass is 10.1. The van der Waals surface area contributed by atoms with Gasteiger partial charge in [-0.05, 0) is 31.7 Å². The predicted octanol–water partition coefficient (Wildman–Crippen LogP) is 2.98. The Morgan fingerprint density at radius 3 is 2.60 bits per heavy atom. The number of hydrogen-bond acceptors (Lipinski definition) is 3. The second kappa shape index (κ2) is 6.98. The van der Waals surface area contributed by atoms with Crippen molar-refractivity contribution in [1.82, 2.24) is 15.0 Å². The Labute approximate surface area is 119 Å². The molecule has 0 aliphatic rings. The Morgan fingerprint density at radius 2 is 1.95 bits per heavy atom. The van der Waals surface area contributed by atoms with Gasteiger partial charge >= 0.3 is 0 Å². The van der Waals surface area contributed by atoms with E-state index in [1.54, 1.807) is 0 Å². The highest BCUT2D eigenvalue weighted by Crippen LogP contribution is 2.11. The molecule has 0 fully saturated rings. The fourth-order valence-electron chi connectivity index (χ4n) is 2.20. The molecule has 0 saturated carbocycles. The molecule has 4 heteroatoms. The summed E-state index contributed by atoms with van der Waals surface area (Å²) in [6.07, 6.45) is 4.67.